The molecule has 1 aliphatic heterocycles. The first-order valence-corrected chi connectivity index (χ1v) is 9.29. The molecule has 138 valence electrons. The van der Waals surface area contributed by atoms with E-state index in [2.05, 4.69) is 16.7 Å². The van der Waals surface area contributed by atoms with Gasteiger partial charge in [-0.25, -0.2) is 0 Å². The zero-order chi connectivity index (χ0) is 18.7. The van der Waals surface area contributed by atoms with Crippen molar-refractivity contribution in [2.24, 2.45) is 5.92 Å². The summed E-state index contributed by atoms with van der Waals surface area (Å²) in [6, 6.07) is 7.84. The Balaban J connectivity index is 1.68. The van der Waals surface area contributed by atoms with Crippen molar-refractivity contribution >= 4 is 17.5 Å². The molecule has 2 amide bonds. The van der Waals surface area contributed by atoms with E-state index >= 15 is 0 Å². The zero-order valence-corrected chi connectivity index (χ0v) is 15.5. The molecule has 6 nitrogen and oxygen atoms in total. The normalized spacial score (nSPS) is 18.7. The summed E-state index contributed by atoms with van der Waals surface area (Å²) in [5.41, 5.74) is 1.39. The highest BCUT2D eigenvalue weighted by Gasteiger charge is 2.42. The fourth-order valence-corrected chi connectivity index (χ4v) is 3.57. The van der Waals surface area contributed by atoms with Crippen molar-refractivity contribution in [1.29, 1.82) is 5.26 Å². The number of anilines is 1. The van der Waals surface area contributed by atoms with Crippen LogP contribution in [0.5, 0.6) is 0 Å². The van der Waals surface area contributed by atoms with Gasteiger partial charge >= 0.3 is 0 Å². The van der Waals surface area contributed by atoms with Crippen molar-refractivity contribution in [3.8, 4) is 6.07 Å². The quantitative estimate of drug-likeness (QED) is 0.822. The molecule has 1 aromatic rings. The maximum absolute atomic E-state index is 12.8. The molecule has 0 bridgehead atoms. The Labute approximate surface area is 154 Å². The van der Waals surface area contributed by atoms with Crippen molar-refractivity contribution in [1.82, 2.24) is 10.2 Å². The lowest BCUT2D eigenvalue weighted by Crippen LogP contribution is -2.48. The Kier molecular flexibility index (Phi) is 5.17. The van der Waals surface area contributed by atoms with E-state index in [1.54, 1.807) is 6.92 Å². The molecule has 2 aliphatic rings. The lowest BCUT2D eigenvalue weighted by atomic mass is 9.98. The molecule has 6 heteroatoms. The van der Waals surface area contributed by atoms with Gasteiger partial charge < -0.3 is 15.5 Å². The first kappa shape index (κ1) is 18.2. The number of rotatable bonds is 6. The number of nitrogens with one attached hydrogen (secondary N) is 2. The van der Waals surface area contributed by atoms with Crippen LogP contribution in [0.4, 0.5) is 5.69 Å². The smallest absolute Gasteiger partial charge is 0.256 e. The maximum atomic E-state index is 12.8. The number of nitrogens with zero attached hydrogens (tertiary/aromatic N) is 2. The van der Waals surface area contributed by atoms with Crippen LogP contribution in [0.15, 0.2) is 18.2 Å². The van der Waals surface area contributed by atoms with Crippen LogP contribution >= 0.6 is 0 Å². The third kappa shape index (κ3) is 3.82. The highest BCUT2D eigenvalue weighted by atomic mass is 16.2. The molecule has 1 atom stereocenters. The molecule has 3 rings (SSSR count). The van der Waals surface area contributed by atoms with Crippen LogP contribution in [0, 0.1) is 24.2 Å². The lowest BCUT2D eigenvalue weighted by molar-refractivity contribution is -0.120. The van der Waals surface area contributed by atoms with Crippen LogP contribution in [-0.2, 0) is 4.79 Å². The fourth-order valence-electron chi connectivity index (χ4n) is 3.57. The molecule has 1 unspecified atom stereocenters. The van der Waals surface area contributed by atoms with Crippen LogP contribution in [0.3, 0.4) is 0 Å². The van der Waals surface area contributed by atoms with E-state index in [-0.39, 0.29) is 24.3 Å². The Morgan fingerprint density at radius 2 is 2.00 bits per heavy atom. The summed E-state index contributed by atoms with van der Waals surface area (Å²) in [5.74, 6) is 0.0214. The average molecular weight is 354 g/mol. The summed E-state index contributed by atoms with van der Waals surface area (Å²) in [7, 11) is 0. The van der Waals surface area contributed by atoms with Crippen molar-refractivity contribution in [2.75, 3.05) is 25.0 Å². The second kappa shape index (κ2) is 7.36. The van der Waals surface area contributed by atoms with Crippen LogP contribution < -0.4 is 10.6 Å². The van der Waals surface area contributed by atoms with Crippen molar-refractivity contribution in [3.63, 3.8) is 0 Å². The van der Waals surface area contributed by atoms with Crippen LogP contribution in [-0.4, -0.2) is 41.9 Å². The monoisotopic (exact) mass is 354 g/mol. The number of nitriles is 1. The number of carbonyl (C=O) groups excluding carboxylic acids is 2. The molecule has 1 aromatic carbocycles. The molecule has 0 aromatic heterocycles. The van der Waals surface area contributed by atoms with Gasteiger partial charge in [-0.2, -0.15) is 5.26 Å². The third-order valence-corrected chi connectivity index (χ3v) is 5.34. The number of amides is 2. The Bertz CT molecular complexity index is 745. The van der Waals surface area contributed by atoms with E-state index in [1.165, 1.54) is 0 Å². The molecule has 1 saturated heterocycles. The minimum Gasteiger partial charge on any atom is -0.376 e. The highest BCUT2D eigenvalue weighted by molar-refractivity contribution is 6.01. The Morgan fingerprint density at radius 3 is 2.62 bits per heavy atom. The lowest BCUT2D eigenvalue weighted by Gasteiger charge is -2.24. The minimum atomic E-state index is -0.806. The number of carbonyl (C=O) groups is 2. The highest BCUT2D eigenvalue weighted by Crippen LogP contribution is 2.39. The number of benzene rings is 1. The molecular formula is C20H26N4O2. The molecule has 26 heavy (non-hydrogen) atoms. The predicted molar refractivity (Wildman–Crippen MR) is 99.7 cm³/mol. The zero-order valence-electron chi connectivity index (χ0n) is 15.5. The standard InChI is InChI=1S/C20H26N4O2/c1-14-6-5-7-16(18(14)19(26)24-10-3-4-11-24)22-12-17(25)23-20(2,13-21)15-8-9-15/h5-7,15,22H,3-4,8-12H2,1-2H3,(H,23,25). The summed E-state index contributed by atoms with van der Waals surface area (Å²) in [4.78, 5) is 27.0. The Hall–Kier alpha value is -2.55. The maximum Gasteiger partial charge on any atom is 0.256 e. The summed E-state index contributed by atoms with van der Waals surface area (Å²) in [6.45, 7) is 5.30. The molecule has 0 spiro atoms. The van der Waals surface area contributed by atoms with Gasteiger partial charge in [0.15, 0.2) is 0 Å². The molecule has 1 aliphatic carbocycles. The number of hydrogen-bond donors (Lipinski definition) is 2. The SMILES string of the molecule is Cc1cccc(NCC(=O)NC(C)(C#N)C2CC2)c1C(=O)N1CCCC1. The third-order valence-electron chi connectivity index (χ3n) is 5.34. The van der Waals surface area contributed by atoms with E-state index in [0.717, 1.165) is 44.3 Å². The molecule has 1 saturated carbocycles. The Morgan fingerprint density at radius 1 is 1.31 bits per heavy atom. The number of hydrogen-bond acceptors (Lipinski definition) is 4. The van der Waals surface area contributed by atoms with E-state index in [0.29, 0.717) is 11.3 Å². The fraction of sp³-hybridized carbons (Fsp3) is 0.550. The summed E-state index contributed by atoms with van der Waals surface area (Å²) < 4.78 is 0. The van der Waals surface area contributed by atoms with Crippen LogP contribution in [0.1, 0.15) is 48.5 Å². The molecule has 2 N–H and O–H groups in total. The molecule has 2 fully saturated rings. The van der Waals surface area contributed by atoms with Gasteiger partial charge in [-0.3, -0.25) is 9.59 Å². The molecule has 0 radical (unpaired) electrons. The number of aryl methyl sites for hydroxylation is 1. The van der Waals surface area contributed by atoms with Gasteiger partial charge in [0.25, 0.3) is 5.91 Å². The average Bonchev–Trinajstić information content (AvgIpc) is 3.35. The van der Waals surface area contributed by atoms with Crippen LogP contribution in [0.2, 0.25) is 0 Å². The van der Waals surface area contributed by atoms with Crippen molar-refractivity contribution in [2.45, 2.75) is 45.1 Å². The summed E-state index contributed by atoms with van der Waals surface area (Å²) >= 11 is 0. The first-order chi connectivity index (χ1) is 12.4. The second-order valence-corrected chi connectivity index (χ2v) is 7.49. The number of likely N-dealkylation sites (tertiary alicyclic amines) is 1. The molecular weight excluding hydrogens is 328 g/mol. The van der Waals surface area contributed by atoms with Crippen LogP contribution in [0.25, 0.3) is 0 Å². The molecule has 1 heterocycles. The van der Waals surface area contributed by atoms with Gasteiger partial charge in [0.2, 0.25) is 5.91 Å². The minimum absolute atomic E-state index is 0.0170. The topological polar surface area (TPSA) is 85.2 Å². The van der Waals surface area contributed by atoms with E-state index in [1.807, 2.05) is 30.0 Å². The van der Waals surface area contributed by atoms with Gasteiger partial charge in [-0.15, -0.1) is 0 Å². The van der Waals surface area contributed by atoms with Crippen molar-refractivity contribution in [3.05, 3.63) is 29.3 Å². The van der Waals surface area contributed by atoms with Gasteiger partial charge in [0, 0.05) is 18.8 Å². The van der Waals surface area contributed by atoms with E-state index in [4.69, 9.17) is 0 Å². The predicted octanol–water partition coefficient (Wildman–Crippen LogP) is 2.45. The van der Waals surface area contributed by atoms with Gasteiger partial charge in [0.1, 0.15) is 5.54 Å². The second-order valence-electron chi connectivity index (χ2n) is 7.49. The van der Waals surface area contributed by atoms with E-state index in [9.17, 15) is 14.9 Å². The van der Waals surface area contributed by atoms with Gasteiger partial charge in [0.05, 0.1) is 18.2 Å². The largest absolute Gasteiger partial charge is 0.376 e. The van der Waals surface area contributed by atoms with Gasteiger partial charge in [-0.05, 0) is 57.1 Å². The first-order valence-electron chi connectivity index (χ1n) is 9.29. The summed E-state index contributed by atoms with van der Waals surface area (Å²) in [5, 5.41) is 15.3. The van der Waals surface area contributed by atoms with Crippen molar-refractivity contribution < 1.29 is 9.59 Å². The van der Waals surface area contributed by atoms with Gasteiger partial charge in [-0.1, -0.05) is 12.1 Å². The summed E-state index contributed by atoms with van der Waals surface area (Å²) in [6.07, 6.45) is 4.03. The van der Waals surface area contributed by atoms with E-state index < -0.39 is 5.54 Å².